The van der Waals surface area contributed by atoms with Crippen LogP contribution in [0.4, 0.5) is 26.3 Å². The van der Waals surface area contributed by atoms with Crippen molar-refractivity contribution in [2.75, 3.05) is 0 Å². The number of rotatable bonds is 4. The molecule has 210 valence electrons. The highest BCUT2D eigenvalue weighted by Gasteiger charge is 2.30. The lowest BCUT2D eigenvalue weighted by molar-refractivity contribution is -0.138. The molecule has 0 atom stereocenters. The molecule has 3 aromatic carbocycles. The number of hydrogen-bond donors (Lipinski definition) is 0. The minimum atomic E-state index is -4.35. The second-order valence-corrected chi connectivity index (χ2v) is 14.0. The van der Waals surface area contributed by atoms with Gasteiger partial charge in [-0.2, -0.15) is 26.3 Å². The number of fused-ring (bicyclic) bond motifs is 6. The maximum Gasteiger partial charge on any atom is 0.416 e. The van der Waals surface area contributed by atoms with Gasteiger partial charge in [0.25, 0.3) is 0 Å². The Hall–Kier alpha value is -3.44. The molecule has 0 nitrogen and oxygen atoms in total. The largest absolute Gasteiger partial charge is 0.416 e. The Morgan fingerprint density at radius 1 is 0.429 bits per heavy atom. The first kappa shape index (κ1) is 27.4. The summed E-state index contributed by atoms with van der Waals surface area (Å²) < 4.78 is 84.0. The van der Waals surface area contributed by atoms with Crippen LogP contribution in [0.3, 0.4) is 0 Å². The molecule has 7 aromatic rings. The molecule has 4 heterocycles. The van der Waals surface area contributed by atoms with Crippen molar-refractivity contribution in [1.29, 1.82) is 0 Å². The Morgan fingerprint density at radius 3 is 1.17 bits per heavy atom. The SMILES string of the molecule is FC(F)(F)c1ccc(/C=C/c2cc3sc4cc5c(cc4c3s2)sc2cc(/C=C/c3ccc(C(F)(F)F)cc3)sc25)cc1. The van der Waals surface area contributed by atoms with Crippen LogP contribution in [0.25, 0.3) is 63.3 Å². The zero-order valence-corrected chi connectivity index (χ0v) is 24.4. The molecule has 0 bridgehead atoms. The van der Waals surface area contributed by atoms with Crippen molar-refractivity contribution in [2.24, 2.45) is 0 Å². The second kappa shape index (κ2) is 10.1. The fourth-order valence-electron chi connectivity index (χ4n) is 4.72. The van der Waals surface area contributed by atoms with Crippen LogP contribution in [0.15, 0.2) is 72.8 Å². The molecule has 0 radical (unpaired) electrons. The van der Waals surface area contributed by atoms with E-state index in [1.807, 2.05) is 24.3 Å². The molecular formula is C32H16F6S4. The van der Waals surface area contributed by atoms with Crippen molar-refractivity contribution >= 4 is 109 Å². The smallest absolute Gasteiger partial charge is 0.166 e. The van der Waals surface area contributed by atoms with E-state index in [4.69, 9.17) is 0 Å². The lowest BCUT2D eigenvalue weighted by Crippen LogP contribution is -2.03. The van der Waals surface area contributed by atoms with E-state index in [9.17, 15) is 26.3 Å². The third-order valence-electron chi connectivity index (χ3n) is 6.80. The lowest BCUT2D eigenvalue weighted by atomic mass is 10.1. The summed E-state index contributed by atoms with van der Waals surface area (Å²) in [5, 5.41) is 2.39. The van der Waals surface area contributed by atoms with Gasteiger partial charge in [-0.25, -0.2) is 0 Å². The van der Waals surface area contributed by atoms with Gasteiger partial charge in [0.15, 0.2) is 0 Å². The molecule has 0 spiro atoms. The molecule has 0 saturated carbocycles. The van der Waals surface area contributed by atoms with Crippen LogP contribution < -0.4 is 0 Å². The highest BCUT2D eigenvalue weighted by Crippen LogP contribution is 2.46. The van der Waals surface area contributed by atoms with Gasteiger partial charge in [0.05, 0.1) is 20.5 Å². The van der Waals surface area contributed by atoms with Gasteiger partial charge in [-0.05, 0) is 71.8 Å². The highest BCUT2D eigenvalue weighted by atomic mass is 32.1. The molecule has 7 rings (SSSR count). The first-order valence-corrected chi connectivity index (χ1v) is 15.8. The normalized spacial score (nSPS) is 13.3. The summed E-state index contributed by atoms with van der Waals surface area (Å²) in [5.74, 6) is 0. The van der Waals surface area contributed by atoms with E-state index in [0.717, 1.165) is 34.0 Å². The molecule has 0 aliphatic heterocycles. The fourth-order valence-corrected chi connectivity index (χ4v) is 9.62. The van der Waals surface area contributed by atoms with Crippen molar-refractivity contribution in [2.45, 2.75) is 12.4 Å². The van der Waals surface area contributed by atoms with Crippen LogP contribution in [0.1, 0.15) is 32.0 Å². The van der Waals surface area contributed by atoms with Crippen molar-refractivity contribution in [1.82, 2.24) is 0 Å². The average Bonchev–Trinajstić information content (AvgIpc) is 3.68. The molecule has 0 fully saturated rings. The van der Waals surface area contributed by atoms with Gasteiger partial charge in [0.1, 0.15) is 0 Å². The maximum absolute atomic E-state index is 12.8. The van der Waals surface area contributed by atoms with Crippen molar-refractivity contribution in [3.05, 3.63) is 105 Å². The summed E-state index contributed by atoms with van der Waals surface area (Å²) in [6.07, 6.45) is -1.17. The minimum Gasteiger partial charge on any atom is -0.166 e. The molecule has 42 heavy (non-hydrogen) atoms. The maximum atomic E-state index is 12.8. The highest BCUT2D eigenvalue weighted by molar-refractivity contribution is 7.34. The second-order valence-electron chi connectivity index (χ2n) is 9.64. The van der Waals surface area contributed by atoms with Crippen molar-refractivity contribution in [3.8, 4) is 0 Å². The number of hydrogen-bond acceptors (Lipinski definition) is 4. The van der Waals surface area contributed by atoms with E-state index in [0.29, 0.717) is 11.1 Å². The molecule has 0 unspecified atom stereocenters. The zero-order chi connectivity index (χ0) is 29.2. The summed E-state index contributed by atoms with van der Waals surface area (Å²) in [6.45, 7) is 0. The molecule has 0 aliphatic carbocycles. The van der Waals surface area contributed by atoms with Gasteiger partial charge in [0.2, 0.25) is 0 Å². The lowest BCUT2D eigenvalue weighted by Gasteiger charge is -2.05. The zero-order valence-electron chi connectivity index (χ0n) is 21.1. The third kappa shape index (κ3) is 5.17. The number of halogens is 6. The summed E-state index contributed by atoms with van der Waals surface area (Å²) in [6, 6.07) is 19.0. The Kier molecular flexibility index (Phi) is 6.58. The number of benzene rings is 3. The van der Waals surface area contributed by atoms with Crippen LogP contribution in [0.5, 0.6) is 0 Å². The van der Waals surface area contributed by atoms with E-state index < -0.39 is 23.5 Å². The minimum absolute atomic E-state index is 0.659. The van der Waals surface area contributed by atoms with Gasteiger partial charge >= 0.3 is 12.4 Å². The predicted molar refractivity (Wildman–Crippen MR) is 169 cm³/mol. The summed E-state index contributed by atoms with van der Waals surface area (Å²) in [7, 11) is 0. The fraction of sp³-hybridized carbons (Fsp3) is 0.0625. The van der Waals surface area contributed by atoms with E-state index in [-0.39, 0.29) is 0 Å². The van der Waals surface area contributed by atoms with Crippen LogP contribution in [-0.2, 0) is 12.4 Å². The first-order valence-electron chi connectivity index (χ1n) is 12.5. The molecule has 4 aromatic heterocycles. The first-order chi connectivity index (χ1) is 20.0. The molecular weight excluding hydrogens is 627 g/mol. The topological polar surface area (TPSA) is 0 Å². The van der Waals surface area contributed by atoms with Crippen LogP contribution in [0, 0.1) is 0 Å². The summed E-state index contributed by atoms with van der Waals surface area (Å²) in [4.78, 5) is 2.07. The van der Waals surface area contributed by atoms with Gasteiger partial charge < -0.3 is 0 Å². The average molecular weight is 643 g/mol. The molecule has 0 aliphatic rings. The monoisotopic (exact) mass is 642 g/mol. The Balaban J connectivity index is 1.15. The van der Waals surface area contributed by atoms with Crippen LogP contribution >= 0.6 is 45.3 Å². The van der Waals surface area contributed by atoms with E-state index in [2.05, 4.69) is 24.3 Å². The van der Waals surface area contributed by atoms with Gasteiger partial charge in [-0.1, -0.05) is 36.4 Å². The Labute approximate surface area is 251 Å². The molecule has 0 amide bonds. The summed E-state index contributed by atoms with van der Waals surface area (Å²) >= 11 is 6.77. The van der Waals surface area contributed by atoms with Gasteiger partial charge in [0, 0.05) is 39.3 Å². The Morgan fingerprint density at radius 2 is 0.810 bits per heavy atom. The molecule has 0 N–H and O–H groups in total. The summed E-state index contributed by atoms with van der Waals surface area (Å²) in [5.41, 5.74) is 0.0961. The van der Waals surface area contributed by atoms with E-state index >= 15 is 0 Å². The van der Waals surface area contributed by atoms with Gasteiger partial charge in [-0.3, -0.25) is 0 Å². The quantitative estimate of drug-likeness (QED) is 0.168. The van der Waals surface area contributed by atoms with E-state index in [1.165, 1.54) is 63.2 Å². The van der Waals surface area contributed by atoms with Crippen LogP contribution in [-0.4, -0.2) is 0 Å². The standard InChI is InChI=1S/C32H16F6S4/c33-31(34,35)19-7-1-17(2-8-19)5-11-21-13-27-29(39-21)23-15-26-24(16-25(23)41-27)30-28(42-26)14-22(40-30)12-6-18-3-9-20(10-4-18)32(36,37)38/h1-16H/b11-5+,12-6+. The third-order valence-corrected chi connectivity index (χ3v) is 11.5. The van der Waals surface area contributed by atoms with Crippen LogP contribution in [0.2, 0.25) is 0 Å². The number of alkyl halides is 6. The molecule has 0 saturated heterocycles. The van der Waals surface area contributed by atoms with Crippen molar-refractivity contribution in [3.63, 3.8) is 0 Å². The van der Waals surface area contributed by atoms with E-state index in [1.54, 1.807) is 45.3 Å². The number of thiophene rings is 4. The Bertz CT molecular complexity index is 1990. The molecule has 10 heteroatoms. The van der Waals surface area contributed by atoms with Gasteiger partial charge in [-0.15, -0.1) is 45.3 Å². The van der Waals surface area contributed by atoms with Crippen molar-refractivity contribution < 1.29 is 26.3 Å². The predicted octanol–water partition coefficient (Wildman–Crippen LogP) is 12.9.